The molecule has 9 heteroatoms. The van der Waals surface area contributed by atoms with E-state index in [0.717, 1.165) is 18.9 Å². The number of nitro benzene ring substituents is 1. The van der Waals surface area contributed by atoms with E-state index in [1.54, 1.807) is 0 Å². The summed E-state index contributed by atoms with van der Waals surface area (Å²) in [5.41, 5.74) is -0.728. The number of ether oxygens (including phenoxy) is 2. The molecule has 1 aliphatic rings. The van der Waals surface area contributed by atoms with E-state index < -0.39 is 29.1 Å². The molecule has 1 aromatic rings. The van der Waals surface area contributed by atoms with Crippen molar-refractivity contribution in [3.8, 4) is 0 Å². The van der Waals surface area contributed by atoms with Gasteiger partial charge in [-0.1, -0.05) is 11.6 Å². The molecule has 1 N–H and O–H groups in total. The lowest BCUT2D eigenvalue weighted by Crippen LogP contribution is -2.34. The molecule has 0 radical (unpaired) electrons. The summed E-state index contributed by atoms with van der Waals surface area (Å²) in [6.45, 7) is 0.499. The van der Waals surface area contributed by atoms with Crippen molar-refractivity contribution in [3.05, 3.63) is 38.9 Å². The van der Waals surface area contributed by atoms with Crippen LogP contribution in [0.3, 0.4) is 0 Å². The predicted octanol–water partition coefficient (Wildman–Crippen LogP) is 1.70. The number of halogens is 1. The van der Waals surface area contributed by atoms with Gasteiger partial charge < -0.3 is 14.8 Å². The maximum atomic E-state index is 11.9. The molecule has 1 saturated heterocycles. The van der Waals surface area contributed by atoms with E-state index in [2.05, 4.69) is 5.32 Å². The second kappa shape index (κ2) is 7.89. The van der Waals surface area contributed by atoms with Crippen molar-refractivity contribution >= 4 is 29.2 Å². The van der Waals surface area contributed by atoms with Crippen LogP contribution in [0.15, 0.2) is 18.2 Å². The molecule has 8 nitrogen and oxygen atoms in total. The van der Waals surface area contributed by atoms with Gasteiger partial charge in [0.05, 0.1) is 11.0 Å². The van der Waals surface area contributed by atoms with E-state index in [1.165, 1.54) is 12.1 Å². The molecule has 0 aromatic heterocycles. The lowest BCUT2D eigenvalue weighted by molar-refractivity contribution is -0.385. The molecule has 1 aromatic carbocycles. The number of hydrogen-bond donors (Lipinski definition) is 1. The third-order valence-electron chi connectivity index (χ3n) is 3.26. The Kier molecular flexibility index (Phi) is 5.89. The lowest BCUT2D eigenvalue weighted by atomic mass is 10.2. The Balaban J connectivity index is 1.86. The fourth-order valence-electron chi connectivity index (χ4n) is 2.12. The standard InChI is InChI=1S/C14H15ClN2O6/c15-9-3-4-11(12(6-9)17(20)21)14(19)23-8-13(18)16-7-10-2-1-5-22-10/h3-4,6,10H,1-2,5,7-8H2,(H,16,18). The summed E-state index contributed by atoms with van der Waals surface area (Å²) in [5, 5.41) is 13.6. The summed E-state index contributed by atoms with van der Waals surface area (Å²) in [6, 6.07) is 3.57. The molecule has 0 spiro atoms. The summed E-state index contributed by atoms with van der Waals surface area (Å²) in [6.07, 6.45) is 1.80. The first-order valence-electron chi connectivity index (χ1n) is 6.96. The topological polar surface area (TPSA) is 108 Å². The average Bonchev–Trinajstić information content (AvgIpc) is 3.03. The Hall–Kier alpha value is -2.19. The SMILES string of the molecule is O=C(COC(=O)c1ccc(Cl)cc1[N+](=O)[O-])NCC1CCCO1. The minimum Gasteiger partial charge on any atom is -0.452 e. The molecule has 23 heavy (non-hydrogen) atoms. The Bertz CT molecular complexity index is 615. The third-order valence-corrected chi connectivity index (χ3v) is 3.50. The number of hydrogen-bond acceptors (Lipinski definition) is 6. The van der Waals surface area contributed by atoms with E-state index in [9.17, 15) is 19.7 Å². The van der Waals surface area contributed by atoms with Crippen molar-refractivity contribution in [2.75, 3.05) is 19.8 Å². The van der Waals surface area contributed by atoms with Crippen LogP contribution in [0.25, 0.3) is 0 Å². The largest absolute Gasteiger partial charge is 0.452 e. The molecule has 0 aliphatic carbocycles. The summed E-state index contributed by atoms with van der Waals surface area (Å²) in [4.78, 5) is 33.7. The molecule has 1 atom stereocenters. The Morgan fingerprint density at radius 2 is 2.26 bits per heavy atom. The molecular formula is C14H15ClN2O6. The monoisotopic (exact) mass is 342 g/mol. The number of benzene rings is 1. The summed E-state index contributed by atoms with van der Waals surface area (Å²) < 4.78 is 10.1. The van der Waals surface area contributed by atoms with Crippen LogP contribution in [0.1, 0.15) is 23.2 Å². The molecule has 0 bridgehead atoms. The second-order valence-corrected chi connectivity index (χ2v) is 5.37. The zero-order valence-electron chi connectivity index (χ0n) is 12.1. The normalized spacial score (nSPS) is 16.8. The van der Waals surface area contributed by atoms with Crippen molar-refractivity contribution in [1.82, 2.24) is 5.32 Å². The maximum Gasteiger partial charge on any atom is 0.345 e. The van der Waals surface area contributed by atoms with Gasteiger partial charge in [-0.05, 0) is 25.0 Å². The van der Waals surface area contributed by atoms with Crippen LogP contribution in [-0.4, -0.2) is 42.7 Å². The number of rotatable bonds is 6. The predicted molar refractivity (Wildman–Crippen MR) is 80.4 cm³/mol. The van der Waals surface area contributed by atoms with Gasteiger partial charge in [0.1, 0.15) is 5.56 Å². The molecule has 124 valence electrons. The van der Waals surface area contributed by atoms with Crippen LogP contribution in [0.2, 0.25) is 5.02 Å². The van der Waals surface area contributed by atoms with E-state index in [0.29, 0.717) is 13.2 Å². The number of nitrogens with one attached hydrogen (secondary N) is 1. The van der Waals surface area contributed by atoms with Crippen molar-refractivity contribution in [1.29, 1.82) is 0 Å². The highest BCUT2D eigenvalue weighted by Crippen LogP contribution is 2.23. The fraction of sp³-hybridized carbons (Fsp3) is 0.429. The average molecular weight is 343 g/mol. The van der Waals surface area contributed by atoms with Gasteiger partial charge in [0.15, 0.2) is 6.61 Å². The van der Waals surface area contributed by atoms with Gasteiger partial charge in [0.2, 0.25) is 0 Å². The van der Waals surface area contributed by atoms with Crippen molar-refractivity contribution < 1.29 is 24.0 Å². The molecule has 1 heterocycles. The number of esters is 1. The van der Waals surface area contributed by atoms with Gasteiger partial charge in [-0.25, -0.2) is 4.79 Å². The lowest BCUT2D eigenvalue weighted by Gasteiger charge is -2.11. The van der Waals surface area contributed by atoms with E-state index in [4.69, 9.17) is 21.1 Å². The van der Waals surface area contributed by atoms with E-state index in [1.807, 2.05) is 0 Å². The Morgan fingerprint density at radius 1 is 1.48 bits per heavy atom. The van der Waals surface area contributed by atoms with E-state index >= 15 is 0 Å². The number of carbonyl (C=O) groups is 2. The minimum atomic E-state index is -0.958. The molecule has 1 unspecified atom stereocenters. The molecule has 1 fully saturated rings. The first-order chi connectivity index (χ1) is 11.0. The minimum absolute atomic E-state index is 0.0213. The van der Waals surface area contributed by atoms with Crippen LogP contribution >= 0.6 is 11.6 Å². The summed E-state index contributed by atoms with van der Waals surface area (Å²) >= 11 is 5.66. The van der Waals surface area contributed by atoms with Crippen LogP contribution < -0.4 is 5.32 Å². The molecule has 2 rings (SSSR count). The number of amides is 1. The maximum absolute atomic E-state index is 11.9. The fourth-order valence-corrected chi connectivity index (χ4v) is 2.29. The zero-order chi connectivity index (χ0) is 16.8. The van der Waals surface area contributed by atoms with Crippen LogP contribution in [-0.2, 0) is 14.3 Å². The molecular weight excluding hydrogens is 328 g/mol. The van der Waals surface area contributed by atoms with Gasteiger partial charge in [-0.3, -0.25) is 14.9 Å². The van der Waals surface area contributed by atoms with Crippen molar-refractivity contribution in [2.45, 2.75) is 18.9 Å². The highest BCUT2D eigenvalue weighted by atomic mass is 35.5. The number of nitro groups is 1. The summed E-state index contributed by atoms with van der Waals surface area (Å²) in [5.74, 6) is -1.45. The second-order valence-electron chi connectivity index (χ2n) is 4.93. The van der Waals surface area contributed by atoms with Crippen LogP contribution in [0.4, 0.5) is 5.69 Å². The first kappa shape index (κ1) is 17.2. The Morgan fingerprint density at radius 3 is 2.91 bits per heavy atom. The van der Waals surface area contributed by atoms with Gasteiger partial charge in [0, 0.05) is 24.2 Å². The summed E-state index contributed by atoms with van der Waals surface area (Å²) in [7, 11) is 0. The number of nitrogens with zero attached hydrogens (tertiary/aromatic N) is 1. The van der Waals surface area contributed by atoms with Gasteiger partial charge in [-0.15, -0.1) is 0 Å². The molecule has 1 amide bonds. The Labute approximate surface area is 136 Å². The van der Waals surface area contributed by atoms with Crippen molar-refractivity contribution in [2.24, 2.45) is 0 Å². The van der Waals surface area contributed by atoms with Crippen LogP contribution in [0.5, 0.6) is 0 Å². The molecule has 1 aliphatic heterocycles. The highest BCUT2D eigenvalue weighted by Gasteiger charge is 2.23. The highest BCUT2D eigenvalue weighted by molar-refractivity contribution is 6.31. The van der Waals surface area contributed by atoms with Crippen molar-refractivity contribution in [3.63, 3.8) is 0 Å². The third kappa shape index (κ3) is 4.90. The quantitative estimate of drug-likeness (QED) is 0.479. The van der Waals surface area contributed by atoms with Gasteiger partial charge in [0.25, 0.3) is 11.6 Å². The molecule has 0 saturated carbocycles. The smallest absolute Gasteiger partial charge is 0.345 e. The van der Waals surface area contributed by atoms with Gasteiger partial charge >= 0.3 is 5.97 Å². The van der Waals surface area contributed by atoms with Gasteiger partial charge in [-0.2, -0.15) is 0 Å². The first-order valence-corrected chi connectivity index (χ1v) is 7.34. The van der Waals surface area contributed by atoms with E-state index in [-0.39, 0.29) is 16.7 Å². The van der Waals surface area contributed by atoms with Crippen LogP contribution in [0, 0.1) is 10.1 Å². The number of carbonyl (C=O) groups excluding carboxylic acids is 2. The zero-order valence-corrected chi connectivity index (χ0v) is 12.9.